The molecule has 4 aromatic rings. The van der Waals surface area contributed by atoms with E-state index in [1.54, 1.807) is 24.3 Å². The highest BCUT2D eigenvalue weighted by Crippen LogP contribution is 2.38. The number of rotatable bonds is 7. The molecule has 0 radical (unpaired) electrons. The minimum Gasteiger partial charge on any atom is -0.305 e. The second-order valence-electron chi connectivity index (χ2n) is 9.24. The highest BCUT2D eigenvalue weighted by Gasteiger charge is 2.36. The Kier molecular flexibility index (Phi) is 7.84. The SMILES string of the molecule is CN(C)Cc1c(C(F)(F)F)cc(-c2ccc(-c3ccc(S(C)(=O)=O)cc3)s2)n(Cc2ccc(F)cc2F)c1=O. The second-order valence-corrected chi connectivity index (χ2v) is 12.3. The molecule has 0 fully saturated rings. The van der Waals surface area contributed by atoms with Crippen molar-refractivity contribution in [3.05, 3.63) is 99.3 Å². The van der Waals surface area contributed by atoms with Gasteiger partial charge in [0.25, 0.3) is 5.56 Å². The van der Waals surface area contributed by atoms with E-state index in [4.69, 9.17) is 0 Å². The van der Waals surface area contributed by atoms with Gasteiger partial charge in [-0.1, -0.05) is 18.2 Å². The van der Waals surface area contributed by atoms with Crippen LogP contribution in [0.5, 0.6) is 0 Å². The number of benzene rings is 2. The lowest BCUT2D eigenvalue weighted by Crippen LogP contribution is -2.32. The lowest BCUT2D eigenvalue weighted by atomic mass is 10.1. The van der Waals surface area contributed by atoms with Gasteiger partial charge < -0.3 is 9.47 Å². The fraction of sp³-hybridized carbons (Fsp3) is 0.222. The number of nitrogens with zero attached hydrogens (tertiary/aromatic N) is 2. The first-order chi connectivity index (χ1) is 18.1. The van der Waals surface area contributed by atoms with Crippen molar-refractivity contribution in [2.24, 2.45) is 0 Å². The van der Waals surface area contributed by atoms with Crippen LogP contribution in [-0.2, 0) is 29.1 Å². The molecule has 0 unspecified atom stereocenters. The molecule has 12 heteroatoms. The zero-order chi connectivity index (χ0) is 28.7. The summed E-state index contributed by atoms with van der Waals surface area (Å²) in [6, 6.07) is 12.9. The minimum absolute atomic E-state index is 0.0662. The summed E-state index contributed by atoms with van der Waals surface area (Å²) in [4.78, 5) is 16.0. The van der Waals surface area contributed by atoms with Gasteiger partial charge in [-0.25, -0.2) is 17.2 Å². The number of sulfone groups is 1. The van der Waals surface area contributed by atoms with Crippen molar-refractivity contribution < 1.29 is 30.4 Å². The molecule has 5 nitrogen and oxygen atoms in total. The smallest absolute Gasteiger partial charge is 0.305 e. The topological polar surface area (TPSA) is 59.4 Å². The Morgan fingerprint density at radius 2 is 1.56 bits per heavy atom. The van der Waals surface area contributed by atoms with Crippen LogP contribution in [0.15, 0.2) is 70.4 Å². The van der Waals surface area contributed by atoms with Gasteiger partial charge in [0, 0.05) is 34.9 Å². The first-order valence-corrected chi connectivity index (χ1v) is 14.2. The number of aromatic nitrogens is 1. The lowest BCUT2D eigenvalue weighted by molar-refractivity contribution is -0.138. The summed E-state index contributed by atoms with van der Waals surface area (Å²) >= 11 is 1.09. The molecule has 2 heterocycles. The molecule has 4 rings (SSSR count). The molecule has 0 spiro atoms. The van der Waals surface area contributed by atoms with E-state index in [-0.39, 0.29) is 22.7 Å². The summed E-state index contributed by atoms with van der Waals surface area (Å²) in [6.07, 6.45) is -3.76. The Morgan fingerprint density at radius 1 is 0.923 bits per heavy atom. The Hall–Kier alpha value is -3.35. The van der Waals surface area contributed by atoms with Gasteiger partial charge in [-0.3, -0.25) is 4.79 Å². The molecule has 0 aliphatic rings. The molecule has 0 bridgehead atoms. The summed E-state index contributed by atoms with van der Waals surface area (Å²) in [5.74, 6) is -1.76. The van der Waals surface area contributed by atoms with Crippen molar-refractivity contribution >= 4 is 21.2 Å². The normalized spacial score (nSPS) is 12.3. The zero-order valence-electron chi connectivity index (χ0n) is 21.0. The van der Waals surface area contributed by atoms with Gasteiger partial charge in [-0.15, -0.1) is 11.3 Å². The Balaban J connectivity index is 1.91. The average molecular weight is 583 g/mol. The molecule has 39 heavy (non-hydrogen) atoms. The van der Waals surface area contributed by atoms with E-state index in [2.05, 4.69) is 0 Å². The van der Waals surface area contributed by atoms with Crippen LogP contribution in [0, 0.1) is 11.6 Å². The summed E-state index contributed by atoms with van der Waals surface area (Å²) in [5, 5.41) is 0. The maximum Gasteiger partial charge on any atom is 0.417 e. The van der Waals surface area contributed by atoms with Gasteiger partial charge in [0.2, 0.25) is 0 Å². The third kappa shape index (κ3) is 6.29. The van der Waals surface area contributed by atoms with Gasteiger partial charge in [0.15, 0.2) is 9.84 Å². The average Bonchev–Trinajstić information content (AvgIpc) is 3.32. The Bertz CT molecular complexity index is 1690. The van der Waals surface area contributed by atoms with Gasteiger partial charge in [-0.05, 0) is 56.1 Å². The van der Waals surface area contributed by atoms with Crippen LogP contribution in [0.3, 0.4) is 0 Å². The molecular formula is C27H23F5N2O3S2. The highest BCUT2D eigenvalue weighted by molar-refractivity contribution is 7.90. The number of pyridine rings is 1. The predicted molar refractivity (Wildman–Crippen MR) is 140 cm³/mol. The monoisotopic (exact) mass is 582 g/mol. The molecule has 0 aliphatic carbocycles. The Morgan fingerprint density at radius 3 is 2.13 bits per heavy atom. The van der Waals surface area contributed by atoms with Crippen LogP contribution in [0.4, 0.5) is 22.0 Å². The molecule has 2 aromatic carbocycles. The molecule has 0 N–H and O–H groups in total. The van der Waals surface area contributed by atoms with E-state index in [1.165, 1.54) is 31.1 Å². The van der Waals surface area contributed by atoms with Crippen LogP contribution in [0.25, 0.3) is 21.0 Å². The van der Waals surface area contributed by atoms with Gasteiger partial charge in [0.05, 0.1) is 27.6 Å². The van der Waals surface area contributed by atoms with E-state index in [1.807, 2.05) is 0 Å². The quantitative estimate of drug-likeness (QED) is 0.249. The summed E-state index contributed by atoms with van der Waals surface area (Å²) < 4.78 is 95.0. The molecule has 206 valence electrons. The maximum absolute atomic E-state index is 14.5. The minimum atomic E-state index is -4.83. The van der Waals surface area contributed by atoms with E-state index >= 15 is 0 Å². The van der Waals surface area contributed by atoms with Crippen LogP contribution in [-0.4, -0.2) is 38.2 Å². The Labute approximate surface area is 225 Å². The van der Waals surface area contributed by atoms with Crippen molar-refractivity contribution in [1.29, 1.82) is 0 Å². The van der Waals surface area contributed by atoms with E-state index in [0.717, 1.165) is 40.4 Å². The number of alkyl halides is 3. The lowest BCUT2D eigenvalue weighted by Gasteiger charge is -2.21. The van der Waals surface area contributed by atoms with Crippen LogP contribution < -0.4 is 5.56 Å². The van der Waals surface area contributed by atoms with Crippen molar-refractivity contribution in [2.45, 2.75) is 24.2 Å². The zero-order valence-corrected chi connectivity index (χ0v) is 22.6. The summed E-state index contributed by atoms with van der Waals surface area (Å²) in [6.45, 7) is -0.725. The largest absolute Gasteiger partial charge is 0.417 e. The molecule has 0 amide bonds. The second kappa shape index (κ2) is 10.7. The summed E-state index contributed by atoms with van der Waals surface area (Å²) in [7, 11) is -0.365. The van der Waals surface area contributed by atoms with E-state index in [9.17, 15) is 35.2 Å². The molecule has 0 atom stereocenters. The van der Waals surface area contributed by atoms with Crippen molar-refractivity contribution in [3.8, 4) is 21.0 Å². The fourth-order valence-corrected chi connectivity index (χ4v) is 5.76. The van der Waals surface area contributed by atoms with Crippen molar-refractivity contribution in [1.82, 2.24) is 9.47 Å². The van der Waals surface area contributed by atoms with Crippen molar-refractivity contribution in [2.75, 3.05) is 20.4 Å². The van der Waals surface area contributed by atoms with Crippen LogP contribution in [0.2, 0.25) is 0 Å². The third-order valence-corrected chi connectivity index (χ3v) is 8.23. The van der Waals surface area contributed by atoms with E-state index in [0.29, 0.717) is 21.4 Å². The number of thiophene rings is 1. The highest BCUT2D eigenvalue weighted by atomic mass is 32.2. The molecule has 2 aromatic heterocycles. The predicted octanol–water partition coefficient (Wildman–Crippen LogP) is 6.05. The first-order valence-electron chi connectivity index (χ1n) is 11.5. The van der Waals surface area contributed by atoms with Gasteiger partial charge in [0.1, 0.15) is 11.6 Å². The third-order valence-electron chi connectivity index (χ3n) is 5.95. The summed E-state index contributed by atoms with van der Waals surface area (Å²) in [5.41, 5.74) is -2.06. The maximum atomic E-state index is 14.5. The van der Waals surface area contributed by atoms with Crippen molar-refractivity contribution in [3.63, 3.8) is 0 Å². The van der Waals surface area contributed by atoms with Gasteiger partial charge >= 0.3 is 6.18 Å². The van der Waals surface area contributed by atoms with E-state index < -0.39 is 50.9 Å². The molecule has 0 saturated heterocycles. The molecule has 0 aliphatic heterocycles. The number of hydrogen-bond acceptors (Lipinski definition) is 5. The fourth-order valence-electron chi connectivity index (χ4n) is 4.09. The first kappa shape index (κ1) is 28.7. The standard InChI is InChI=1S/C27H23F5N2O3S2/c1-33(2)15-20-21(27(30,31)32)13-23(34(26(20)35)14-17-4-7-18(28)12-22(17)29)25-11-10-24(38-25)16-5-8-19(9-6-16)39(3,36)37/h4-13H,14-15H2,1-3H3. The van der Waals surface area contributed by atoms with Crippen LogP contribution in [0.1, 0.15) is 16.7 Å². The number of halogens is 5. The van der Waals surface area contributed by atoms with Crippen LogP contribution >= 0.6 is 11.3 Å². The molecular weight excluding hydrogens is 559 g/mol. The molecule has 0 saturated carbocycles. The number of hydrogen-bond donors (Lipinski definition) is 0. The van der Waals surface area contributed by atoms with Gasteiger partial charge in [-0.2, -0.15) is 13.2 Å².